The van der Waals surface area contributed by atoms with Crippen LogP contribution in [0.3, 0.4) is 0 Å². The smallest absolute Gasteiger partial charge is 0.308 e. The number of amides is 5. The Morgan fingerprint density at radius 2 is 1.62 bits per heavy atom. The Balaban J connectivity index is 2.11. The van der Waals surface area contributed by atoms with E-state index in [-0.39, 0.29) is 17.9 Å². The molecule has 14 heteroatoms. The van der Waals surface area contributed by atoms with Gasteiger partial charge in [-0.1, -0.05) is 49.6 Å². The molecule has 0 aromatic heterocycles. The van der Waals surface area contributed by atoms with E-state index in [9.17, 15) is 28.8 Å². The minimum atomic E-state index is -1.42. The maximum Gasteiger partial charge on any atom is 0.308 e. The molecule has 1 aliphatic carbocycles. The third-order valence-electron chi connectivity index (χ3n) is 7.67. The Kier molecular flexibility index (Phi) is 15.8. The van der Waals surface area contributed by atoms with Crippen LogP contribution < -0.4 is 31.9 Å². The second kappa shape index (κ2) is 19.2. The largest absolute Gasteiger partial charge is 0.460 e. The lowest BCUT2D eigenvalue weighted by atomic mass is 9.83. The van der Waals surface area contributed by atoms with E-state index in [1.807, 2.05) is 13.0 Å². The Morgan fingerprint density at radius 1 is 0.936 bits per heavy atom. The average Bonchev–Trinajstić information content (AvgIpc) is 3.00. The summed E-state index contributed by atoms with van der Waals surface area (Å²) in [6.07, 6.45) is 6.62. The Morgan fingerprint density at radius 3 is 2.23 bits per heavy atom. The van der Waals surface area contributed by atoms with E-state index >= 15 is 0 Å². The molecule has 7 N–H and O–H groups in total. The first-order valence-corrected chi connectivity index (χ1v) is 16.1. The molecule has 0 saturated heterocycles. The summed E-state index contributed by atoms with van der Waals surface area (Å²) in [5.74, 6) is -3.25. The molecule has 1 aromatic rings. The second-order valence-corrected chi connectivity index (χ2v) is 13.1. The van der Waals surface area contributed by atoms with Crippen molar-refractivity contribution >= 4 is 42.3 Å². The van der Waals surface area contributed by atoms with Crippen LogP contribution in [0.15, 0.2) is 30.3 Å². The zero-order valence-electron chi connectivity index (χ0n) is 27.9. The van der Waals surface area contributed by atoms with Crippen molar-refractivity contribution in [2.75, 3.05) is 13.1 Å². The minimum absolute atomic E-state index is 0.131. The van der Waals surface area contributed by atoms with E-state index in [1.54, 1.807) is 45.0 Å². The highest BCUT2D eigenvalue weighted by Crippen LogP contribution is 2.27. The fraction of sp³-hybridized carbons (Fsp3) is 0.606. The molecule has 1 saturated carbocycles. The Hall–Kier alpha value is -4.49. The molecule has 47 heavy (non-hydrogen) atoms. The molecule has 0 bridgehead atoms. The molecule has 2 rings (SSSR count). The summed E-state index contributed by atoms with van der Waals surface area (Å²) in [5.41, 5.74) is -0.462. The third kappa shape index (κ3) is 15.1. The summed E-state index contributed by atoms with van der Waals surface area (Å²) < 4.78 is 5.35. The molecule has 0 spiro atoms. The van der Waals surface area contributed by atoms with Crippen LogP contribution in [0.2, 0.25) is 0 Å². The fourth-order valence-electron chi connectivity index (χ4n) is 5.32. The van der Waals surface area contributed by atoms with Gasteiger partial charge in [-0.2, -0.15) is 0 Å². The number of hydrogen-bond acceptors (Lipinski definition) is 8. The van der Waals surface area contributed by atoms with Gasteiger partial charge in [-0.05, 0) is 58.9 Å². The zero-order chi connectivity index (χ0) is 34.9. The van der Waals surface area contributed by atoms with Crippen LogP contribution >= 0.6 is 0 Å². The SMILES string of the molecule is CC1(NC(=O)C(CCCNC=N)NC(=O)CNC(=O)C(CC(=O)OC(C)(C)C)NC(=O)[C@@H](Cc2ccccc2)NC=O)CCCCC1. The molecule has 1 aliphatic rings. The van der Waals surface area contributed by atoms with Crippen molar-refractivity contribution in [1.29, 1.82) is 5.41 Å². The topological polar surface area (TPSA) is 208 Å². The monoisotopic (exact) mass is 657 g/mol. The minimum Gasteiger partial charge on any atom is -0.460 e. The van der Waals surface area contributed by atoms with E-state index in [0.717, 1.165) is 44.0 Å². The van der Waals surface area contributed by atoms with Gasteiger partial charge in [0.25, 0.3) is 0 Å². The molecular weight excluding hydrogens is 606 g/mol. The van der Waals surface area contributed by atoms with Crippen LogP contribution in [-0.2, 0) is 39.9 Å². The van der Waals surface area contributed by atoms with Crippen LogP contribution in [0.25, 0.3) is 0 Å². The lowest BCUT2D eigenvalue weighted by molar-refractivity contribution is -0.156. The zero-order valence-corrected chi connectivity index (χ0v) is 27.9. The molecular formula is C33H51N7O7. The van der Waals surface area contributed by atoms with Gasteiger partial charge in [0.1, 0.15) is 23.7 Å². The summed E-state index contributed by atoms with van der Waals surface area (Å²) in [7, 11) is 0. The molecule has 0 radical (unpaired) electrons. The summed E-state index contributed by atoms with van der Waals surface area (Å²) in [4.78, 5) is 76.7. The molecule has 0 heterocycles. The summed E-state index contributed by atoms with van der Waals surface area (Å²) >= 11 is 0. The van der Waals surface area contributed by atoms with Gasteiger partial charge in [0.2, 0.25) is 30.0 Å². The van der Waals surface area contributed by atoms with Crippen molar-refractivity contribution < 1.29 is 33.5 Å². The molecule has 14 nitrogen and oxygen atoms in total. The number of hydrogen-bond donors (Lipinski definition) is 7. The van der Waals surface area contributed by atoms with Crippen LogP contribution in [-0.4, -0.2) is 84.7 Å². The first-order valence-electron chi connectivity index (χ1n) is 16.1. The maximum absolute atomic E-state index is 13.3. The first-order chi connectivity index (χ1) is 22.2. The van der Waals surface area contributed by atoms with Gasteiger partial charge in [0.05, 0.1) is 19.3 Å². The summed E-state index contributed by atoms with van der Waals surface area (Å²) in [6, 6.07) is 5.60. The maximum atomic E-state index is 13.3. The highest BCUT2D eigenvalue weighted by Gasteiger charge is 2.33. The van der Waals surface area contributed by atoms with Gasteiger partial charge in [-0.25, -0.2) is 0 Å². The van der Waals surface area contributed by atoms with E-state index in [2.05, 4.69) is 31.9 Å². The lowest BCUT2D eigenvalue weighted by Crippen LogP contribution is -2.57. The number of rotatable bonds is 19. The average molecular weight is 658 g/mol. The third-order valence-corrected chi connectivity index (χ3v) is 7.67. The van der Waals surface area contributed by atoms with Crippen LogP contribution in [0, 0.1) is 5.41 Å². The van der Waals surface area contributed by atoms with E-state index in [0.29, 0.717) is 25.8 Å². The van der Waals surface area contributed by atoms with Crippen LogP contribution in [0.5, 0.6) is 0 Å². The van der Waals surface area contributed by atoms with Crippen molar-refractivity contribution in [3.05, 3.63) is 35.9 Å². The lowest BCUT2D eigenvalue weighted by Gasteiger charge is -2.36. The number of carbonyl (C=O) groups is 6. The molecule has 3 atom stereocenters. The van der Waals surface area contributed by atoms with Crippen LogP contribution in [0.4, 0.5) is 0 Å². The van der Waals surface area contributed by atoms with Gasteiger partial charge in [0.15, 0.2) is 0 Å². The molecule has 1 aromatic carbocycles. The van der Waals surface area contributed by atoms with Crippen molar-refractivity contribution in [3.63, 3.8) is 0 Å². The number of carbonyl (C=O) groups excluding carboxylic acids is 6. The van der Waals surface area contributed by atoms with Gasteiger partial charge in [-0.15, -0.1) is 0 Å². The number of ether oxygens (including phenoxy) is 1. The Bertz CT molecular complexity index is 1210. The van der Waals surface area contributed by atoms with Gasteiger partial charge >= 0.3 is 5.97 Å². The van der Waals surface area contributed by atoms with Crippen LogP contribution in [0.1, 0.15) is 84.6 Å². The van der Waals surface area contributed by atoms with Gasteiger partial charge in [-0.3, -0.25) is 34.2 Å². The van der Waals surface area contributed by atoms with Gasteiger partial charge < -0.3 is 36.6 Å². The standard InChI is InChI=1S/C33H51N7O7/c1-32(2,3)47-28(43)19-26(39-30(45)25(37-22-41)18-23-12-7-5-8-13-23)29(44)36-20-27(42)38-24(14-11-17-35-21-34)31(46)40-33(4)15-9-6-10-16-33/h5,7-8,12-13,21-22,24-26H,6,9-11,14-20H2,1-4H3,(H2,34,35)(H,36,44)(H,37,41)(H,38,42)(H,39,45)(H,40,46)/t24?,25-,26?/m1/s1. The molecule has 260 valence electrons. The Labute approximate surface area is 276 Å². The molecule has 0 aliphatic heterocycles. The van der Waals surface area contributed by atoms with Crippen molar-refractivity contribution in [2.24, 2.45) is 0 Å². The van der Waals surface area contributed by atoms with E-state index in [4.69, 9.17) is 10.1 Å². The quantitative estimate of drug-likeness (QED) is 0.0374. The number of benzene rings is 1. The molecule has 5 amide bonds. The predicted octanol–water partition coefficient (Wildman–Crippen LogP) is 0.977. The van der Waals surface area contributed by atoms with E-state index < -0.39 is 60.4 Å². The number of esters is 1. The van der Waals surface area contributed by atoms with Crippen molar-refractivity contribution in [1.82, 2.24) is 31.9 Å². The first kappa shape index (κ1) is 38.7. The summed E-state index contributed by atoms with van der Waals surface area (Å²) in [6.45, 7) is 6.89. The normalized spacial score (nSPS) is 15.8. The van der Waals surface area contributed by atoms with Crippen molar-refractivity contribution in [3.8, 4) is 0 Å². The molecule has 1 fully saturated rings. The van der Waals surface area contributed by atoms with E-state index in [1.165, 1.54) is 0 Å². The molecule has 2 unspecified atom stereocenters. The fourth-order valence-corrected chi connectivity index (χ4v) is 5.32. The summed E-state index contributed by atoms with van der Waals surface area (Å²) in [5, 5.41) is 23.1. The predicted molar refractivity (Wildman–Crippen MR) is 176 cm³/mol. The highest BCUT2D eigenvalue weighted by atomic mass is 16.6. The highest BCUT2D eigenvalue weighted by molar-refractivity contribution is 5.95. The number of nitrogens with one attached hydrogen (secondary N) is 7. The van der Waals surface area contributed by atoms with Crippen molar-refractivity contribution in [2.45, 2.75) is 115 Å². The second-order valence-electron chi connectivity index (χ2n) is 13.1. The van der Waals surface area contributed by atoms with Gasteiger partial charge in [0, 0.05) is 18.5 Å².